The summed E-state index contributed by atoms with van der Waals surface area (Å²) >= 11 is 0. The molecule has 0 aliphatic carbocycles. The van der Waals surface area contributed by atoms with Crippen LogP contribution in [-0.4, -0.2) is 39.5 Å². The molecule has 0 saturated heterocycles. The molecule has 13 heteroatoms. The molecule has 0 spiro atoms. The molecule has 4 N–H and O–H groups in total. The zero-order valence-electron chi connectivity index (χ0n) is 11.6. The molecule has 9 nitrogen and oxygen atoms in total. The van der Waals surface area contributed by atoms with Crippen LogP contribution in [-0.2, 0) is 24.3 Å². The molecule has 0 unspecified atom stereocenters. The number of sulfonamides is 1. The number of nitrogens with one attached hydrogen (secondary N) is 2. The van der Waals surface area contributed by atoms with Crippen LogP contribution in [0.2, 0.25) is 0 Å². The van der Waals surface area contributed by atoms with Gasteiger partial charge < -0.3 is 10.5 Å². The van der Waals surface area contributed by atoms with Gasteiger partial charge in [0.25, 0.3) is 5.91 Å². The van der Waals surface area contributed by atoms with E-state index >= 15 is 0 Å². The highest BCUT2D eigenvalue weighted by molar-refractivity contribution is 7.89. The number of primary amides is 1. The van der Waals surface area contributed by atoms with Gasteiger partial charge >= 0.3 is 12.0 Å². The van der Waals surface area contributed by atoms with Gasteiger partial charge in [0, 0.05) is 0 Å². The second-order valence-corrected chi connectivity index (χ2v) is 5.81. The Balaban J connectivity index is 2.66. The summed E-state index contributed by atoms with van der Waals surface area (Å²) in [5.74, 6) is -7.88. The SMILES string of the molecule is NC(=O)NC(=O)COC(=O)CNS(=O)(=O)c1ccc(F)c(F)c1F. The van der Waals surface area contributed by atoms with Crippen LogP contribution < -0.4 is 15.8 Å². The van der Waals surface area contributed by atoms with E-state index in [2.05, 4.69) is 10.5 Å². The Labute approximate surface area is 133 Å². The molecule has 0 aliphatic heterocycles. The van der Waals surface area contributed by atoms with E-state index in [0.29, 0.717) is 12.1 Å². The van der Waals surface area contributed by atoms with Crippen molar-refractivity contribution in [1.82, 2.24) is 10.0 Å². The predicted molar refractivity (Wildman–Crippen MR) is 70.2 cm³/mol. The first-order valence-electron chi connectivity index (χ1n) is 5.92. The van der Waals surface area contributed by atoms with Gasteiger partial charge in [-0.15, -0.1) is 0 Å². The summed E-state index contributed by atoms with van der Waals surface area (Å²) < 4.78 is 68.5. The molecule has 0 fully saturated rings. The van der Waals surface area contributed by atoms with E-state index < -0.39 is 63.4 Å². The minimum Gasteiger partial charge on any atom is -0.455 e. The number of esters is 1. The van der Waals surface area contributed by atoms with Crippen molar-refractivity contribution in [3.05, 3.63) is 29.6 Å². The molecule has 24 heavy (non-hydrogen) atoms. The van der Waals surface area contributed by atoms with Crippen LogP contribution in [0.4, 0.5) is 18.0 Å². The van der Waals surface area contributed by atoms with Crippen LogP contribution in [0.15, 0.2) is 17.0 Å². The molecule has 132 valence electrons. The first-order chi connectivity index (χ1) is 11.0. The Hall–Kier alpha value is -2.67. The van der Waals surface area contributed by atoms with E-state index in [0.717, 1.165) is 0 Å². The fourth-order valence-corrected chi connectivity index (χ4v) is 2.35. The summed E-state index contributed by atoms with van der Waals surface area (Å²) in [6.45, 7) is -1.96. The number of halogens is 3. The van der Waals surface area contributed by atoms with E-state index in [1.807, 2.05) is 0 Å². The molecule has 0 atom stereocenters. The van der Waals surface area contributed by atoms with Crippen LogP contribution in [0, 0.1) is 17.5 Å². The van der Waals surface area contributed by atoms with Crippen molar-refractivity contribution in [1.29, 1.82) is 0 Å². The number of amides is 3. The lowest BCUT2D eigenvalue weighted by atomic mass is 10.3. The van der Waals surface area contributed by atoms with Crippen LogP contribution in [0.25, 0.3) is 0 Å². The van der Waals surface area contributed by atoms with Crippen molar-refractivity contribution in [2.75, 3.05) is 13.2 Å². The van der Waals surface area contributed by atoms with Crippen LogP contribution in [0.1, 0.15) is 0 Å². The fraction of sp³-hybridized carbons (Fsp3) is 0.182. The van der Waals surface area contributed by atoms with Crippen LogP contribution >= 0.6 is 0 Å². The molecular weight excluding hydrogens is 359 g/mol. The number of rotatable bonds is 6. The lowest BCUT2D eigenvalue weighted by Crippen LogP contribution is -2.39. The molecule has 0 saturated carbocycles. The smallest absolute Gasteiger partial charge is 0.321 e. The van der Waals surface area contributed by atoms with Gasteiger partial charge in [0.1, 0.15) is 11.4 Å². The van der Waals surface area contributed by atoms with Gasteiger partial charge in [-0.25, -0.2) is 26.4 Å². The summed E-state index contributed by atoms with van der Waals surface area (Å²) in [4.78, 5) is 31.3. The van der Waals surface area contributed by atoms with Crippen molar-refractivity contribution >= 4 is 27.9 Å². The molecule has 3 amide bonds. The molecule has 1 aromatic rings. The second kappa shape index (κ2) is 7.74. The fourth-order valence-electron chi connectivity index (χ4n) is 1.32. The van der Waals surface area contributed by atoms with E-state index in [-0.39, 0.29) is 0 Å². The second-order valence-electron chi connectivity index (χ2n) is 4.07. The Morgan fingerprint density at radius 2 is 1.75 bits per heavy atom. The van der Waals surface area contributed by atoms with E-state index in [1.165, 1.54) is 0 Å². The average Bonchev–Trinajstić information content (AvgIpc) is 2.47. The lowest BCUT2D eigenvalue weighted by molar-refractivity contribution is -0.147. The van der Waals surface area contributed by atoms with Gasteiger partial charge in [-0.3, -0.25) is 14.9 Å². The molecule has 0 aliphatic rings. The minimum atomic E-state index is -4.69. The van der Waals surface area contributed by atoms with Crippen molar-refractivity contribution < 1.29 is 40.7 Å². The number of hydrogen-bond donors (Lipinski definition) is 3. The van der Waals surface area contributed by atoms with Crippen LogP contribution in [0.3, 0.4) is 0 Å². The zero-order valence-corrected chi connectivity index (χ0v) is 12.5. The van der Waals surface area contributed by atoms with Crippen LogP contribution in [0.5, 0.6) is 0 Å². The quantitative estimate of drug-likeness (QED) is 0.439. The number of ether oxygens (including phenoxy) is 1. The highest BCUT2D eigenvalue weighted by Gasteiger charge is 2.24. The Morgan fingerprint density at radius 3 is 2.33 bits per heavy atom. The van der Waals surface area contributed by atoms with E-state index in [4.69, 9.17) is 0 Å². The number of carbonyl (C=O) groups excluding carboxylic acids is 3. The number of hydrogen-bond acceptors (Lipinski definition) is 6. The Bertz CT molecular complexity index is 783. The summed E-state index contributed by atoms with van der Waals surface area (Å²) in [5.41, 5.74) is 4.62. The van der Waals surface area contributed by atoms with Crippen molar-refractivity contribution in [3.8, 4) is 0 Å². The lowest BCUT2D eigenvalue weighted by Gasteiger charge is -2.08. The Morgan fingerprint density at radius 1 is 1.12 bits per heavy atom. The molecule has 0 radical (unpaired) electrons. The largest absolute Gasteiger partial charge is 0.455 e. The summed E-state index contributed by atoms with van der Waals surface area (Å²) in [5, 5.41) is 1.57. The Kier molecular flexibility index (Phi) is 6.25. The highest BCUT2D eigenvalue weighted by Crippen LogP contribution is 2.19. The maximum Gasteiger partial charge on any atom is 0.321 e. The molecule has 0 heterocycles. The zero-order chi connectivity index (χ0) is 18.5. The number of nitrogens with two attached hydrogens (primary N) is 1. The summed E-state index contributed by atoms with van der Waals surface area (Å²) in [6.07, 6.45) is 0. The first-order valence-corrected chi connectivity index (χ1v) is 7.41. The third-order valence-electron chi connectivity index (χ3n) is 2.32. The van der Waals surface area contributed by atoms with E-state index in [9.17, 15) is 36.0 Å². The molecule has 1 aromatic carbocycles. The van der Waals surface area contributed by atoms with Gasteiger partial charge in [-0.05, 0) is 12.1 Å². The van der Waals surface area contributed by atoms with Gasteiger partial charge in [-0.1, -0.05) is 0 Å². The molecule has 1 rings (SSSR count). The summed E-state index contributed by atoms with van der Waals surface area (Å²) in [7, 11) is -4.69. The first kappa shape index (κ1) is 19.4. The third-order valence-corrected chi connectivity index (χ3v) is 3.74. The topological polar surface area (TPSA) is 145 Å². The highest BCUT2D eigenvalue weighted by atomic mass is 32.2. The van der Waals surface area contributed by atoms with Gasteiger partial charge in [0.15, 0.2) is 24.1 Å². The standard InChI is InChI=1S/C11H10F3N3O6S/c12-5-1-2-6(10(14)9(5)13)24(21,22)16-3-8(19)23-4-7(18)17-11(15)20/h1-2,16H,3-4H2,(H3,15,17,18,20). The summed E-state index contributed by atoms with van der Waals surface area (Å²) in [6, 6.07) is -0.341. The maximum absolute atomic E-state index is 13.4. The molecular formula is C11H10F3N3O6S. The number of benzene rings is 1. The van der Waals surface area contributed by atoms with Gasteiger partial charge in [0.2, 0.25) is 10.0 Å². The van der Waals surface area contributed by atoms with Crippen molar-refractivity contribution in [3.63, 3.8) is 0 Å². The maximum atomic E-state index is 13.4. The number of imide groups is 1. The third kappa shape index (κ3) is 5.20. The van der Waals surface area contributed by atoms with E-state index in [1.54, 1.807) is 10.0 Å². The predicted octanol–water partition coefficient (Wildman–Crippen LogP) is -0.880. The monoisotopic (exact) mass is 369 g/mol. The van der Waals surface area contributed by atoms with Crippen molar-refractivity contribution in [2.24, 2.45) is 5.73 Å². The average molecular weight is 369 g/mol. The normalized spacial score (nSPS) is 11.0. The van der Waals surface area contributed by atoms with Crippen molar-refractivity contribution in [2.45, 2.75) is 4.90 Å². The molecule has 0 aromatic heterocycles. The number of urea groups is 1. The number of carbonyl (C=O) groups is 3. The minimum absolute atomic E-state index is 0.388. The molecule has 0 bridgehead atoms. The van der Waals surface area contributed by atoms with Gasteiger partial charge in [-0.2, -0.15) is 4.72 Å². The van der Waals surface area contributed by atoms with Gasteiger partial charge in [0.05, 0.1) is 0 Å².